The maximum Gasteiger partial charge on any atom is 0.191 e. The maximum absolute atomic E-state index is 10.7. The molecule has 5 nitrogen and oxygen atoms in total. The van der Waals surface area contributed by atoms with E-state index < -0.39 is 5.60 Å². The number of guanidine groups is 1. The van der Waals surface area contributed by atoms with E-state index in [1.807, 2.05) is 49.6 Å². The molecular formula is C25H31N3O2S. The first-order valence-corrected chi connectivity index (χ1v) is 11.4. The molecule has 164 valence electrons. The molecule has 3 aromatic rings. The number of rotatable bonds is 10. The fourth-order valence-corrected chi connectivity index (χ4v) is 3.83. The van der Waals surface area contributed by atoms with E-state index in [1.54, 1.807) is 11.3 Å². The maximum atomic E-state index is 10.7. The van der Waals surface area contributed by atoms with Gasteiger partial charge in [0.1, 0.15) is 5.60 Å². The van der Waals surface area contributed by atoms with E-state index in [9.17, 15) is 5.11 Å². The quantitative estimate of drug-likeness (QED) is 0.324. The Morgan fingerprint density at radius 1 is 0.935 bits per heavy atom. The molecule has 1 unspecified atom stereocenters. The number of aliphatic hydroxyl groups is 1. The zero-order valence-corrected chi connectivity index (χ0v) is 19.0. The summed E-state index contributed by atoms with van der Waals surface area (Å²) in [7, 11) is 0. The van der Waals surface area contributed by atoms with Crippen molar-refractivity contribution in [1.82, 2.24) is 10.6 Å². The summed E-state index contributed by atoms with van der Waals surface area (Å²) in [6.07, 6.45) is 0. The fraction of sp³-hybridized carbons (Fsp3) is 0.320. The summed E-state index contributed by atoms with van der Waals surface area (Å²) in [5.74, 6) is 0.689. The van der Waals surface area contributed by atoms with Crippen LogP contribution in [-0.2, 0) is 30.1 Å². The van der Waals surface area contributed by atoms with Gasteiger partial charge in [0, 0.05) is 11.4 Å². The smallest absolute Gasteiger partial charge is 0.191 e. The van der Waals surface area contributed by atoms with Gasteiger partial charge in [-0.1, -0.05) is 60.7 Å². The second kappa shape index (κ2) is 11.6. The van der Waals surface area contributed by atoms with E-state index in [4.69, 9.17) is 4.74 Å². The average molecular weight is 438 g/mol. The van der Waals surface area contributed by atoms with Gasteiger partial charge in [-0.3, -0.25) is 0 Å². The van der Waals surface area contributed by atoms with Crippen molar-refractivity contribution in [3.8, 4) is 0 Å². The Kier molecular flexibility index (Phi) is 8.64. The first kappa shape index (κ1) is 23.0. The largest absolute Gasteiger partial charge is 0.383 e. The van der Waals surface area contributed by atoms with Gasteiger partial charge in [-0.05, 0) is 42.0 Å². The molecule has 0 fully saturated rings. The van der Waals surface area contributed by atoms with Crippen LogP contribution in [0.2, 0.25) is 0 Å². The molecular weight excluding hydrogens is 406 g/mol. The number of hydrogen-bond donors (Lipinski definition) is 3. The van der Waals surface area contributed by atoms with Gasteiger partial charge in [0.2, 0.25) is 0 Å². The second-order valence-electron chi connectivity index (χ2n) is 7.59. The number of aliphatic imine (C=N–C) groups is 1. The van der Waals surface area contributed by atoms with Gasteiger partial charge in [-0.25, -0.2) is 4.99 Å². The number of nitrogens with one attached hydrogen (secondary N) is 2. The highest BCUT2D eigenvalue weighted by atomic mass is 32.1. The van der Waals surface area contributed by atoms with Crippen LogP contribution in [0.5, 0.6) is 0 Å². The first-order valence-electron chi connectivity index (χ1n) is 10.5. The van der Waals surface area contributed by atoms with Crippen molar-refractivity contribution in [3.63, 3.8) is 0 Å². The fourth-order valence-electron chi connectivity index (χ4n) is 3.04. The number of hydrogen-bond acceptors (Lipinski definition) is 4. The Balaban J connectivity index is 1.49. The van der Waals surface area contributed by atoms with Crippen LogP contribution in [0.3, 0.4) is 0 Å². The molecule has 6 heteroatoms. The van der Waals surface area contributed by atoms with Crippen LogP contribution in [0.25, 0.3) is 0 Å². The first-order chi connectivity index (χ1) is 15.1. The van der Waals surface area contributed by atoms with Crippen molar-refractivity contribution in [2.75, 3.05) is 13.1 Å². The minimum absolute atomic E-state index is 0.386. The van der Waals surface area contributed by atoms with Crippen molar-refractivity contribution < 1.29 is 9.84 Å². The molecule has 0 aliphatic carbocycles. The Hall–Kier alpha value is -2.67. The molecule has 0 saturated heterocycles. The van der Waals surface area contributed by atoms with Gasteiger partial charge in [0.05, 0.1) is 26.3 Å². The molecule has 31 heavy (non-hydrogen) atoms. The lowest BCUT2D eigenvalue weighted by Crippen LogP contribution is -2.44. The van der Waals surface area contributed by atoms with Crippen LogP contribution in [0.1, 0.15) is 35.4 Å². The lowest BCUT2D eigenvalue weighted by Gasteiger charge is -2.23. The minimum Gasteiger partial charge on any atom is -0.383 e. The number of thiophene rings is 1. The monoisotopic (exact) mass is 437 g/mol. The van der Waals surface area contributed by atoms with Gasteiger partial charge in [0.15, 0.2) is 5.96 Å². The zero-order chi connectivity index (χ0) is 21.9. The van der Waals surface area contributed by atoms with Crippen LogP contribution < -0.4 is 10.6 Å². The van der Waals surface area contributed by atoms with E-state index in [1.165, 1.54) is 5.56 Å². The van der Waals surface area contributed by atoms with Gasteiger partial charge in [-0.2, -0.15) is 0 Å². The topological polar surface area (TPSA) is 65.9 Å². The zero-order valence-electron chi connectivity index (χ0n) is 18.2. The van der Waals surface area contributed by atoms with Crippen molar-refractivity contribution in [1.29, 1.82) is 0 Å². The molecule has 0 aliphatic rings. The summed E-state index contributed by atoms with van der Waals surface area (Å²) < 4.78 is 5.80. The minimum atomic E-state index is -0.939. The lowest BCUT2D eigenvalue weighted by molar-refractivity contribution is 0.0655. The van der Waals surface area contributed by atoms with Gasteiger partial charge >= 0.3 is 0 Å². The molecule has 0 aliphatic heterocycles. The van der Waals surface area contributed by atoms with Crippen molar-refractivity contribution in [3.05, 3.63) is 93.7 Å². The standard InChI is InChI=1S/C25H31N3O2S/c1-3-26-24(28-19-25(2,29)23-10-7-15-31-23)27-16-20-11-13-22(14-12-20)18-30-17-21-8-5-4-6-9-21/h4-15,29H,3,16-19H2,1-2H3,(H2,26,27,28). The number of benzene rings is 2. The van der Waals surface area contributed by atoms with Crippen molar-refractivity contribution in [2.45, 2.75) is 39.2 Å². The molecule has 0 spiro atoms. The highest BCUT2D eigenvalue weighted by Crippen LogP contribution is 2.24. The highest BCUT2D eigenvalue weighted by molar-refractivity contribution is 7.10. The van der Waals surface area contributed by atoms with E-state index in [0.29, 0.717) is 32.3 Å². The normalized spacial score (nSPS) is 13.6. The Morgan fingerprint density at radius 3 is 2.26 bits per heavy atom. The Bertz CT molecular complexity index is 923. The summed E-state index contributed by atoms with van der Waals surface area (Å²) in [6.45, 7) is 6.73. The number of nitrogens with zero attached hydrogens (tertiary/aromatic N) is 1. The molecule has 1 aromatic heterocycles. The van der Waals surface area contributed by atoms with Crippen LogP contribution in [0.4, 0.5) is 0 Å². The molecule has 0 radical (unpaired) electrons. The third-order valence-corrected chi connectivity index (χ3v) is 5.94. The molecule has 3 N–H and O–H groups in total. The lowest BCUT2D eigenvalue weighted by atomic mass is 10.1. The van der Waals surface area contributed by atoms with Crippen LogP contribution >= 0.6 is 11.3 Å². The molecule has 2 aromatic carbocycles. The van der Waals surface area contributed by atoms with Crippen LogP contribution in [0, 0.1) is 0 Å². The highest BCUT2D eigenvalue weighted by Gasteiger charge is 2.24. The molecule has 3 rings (SSSR count). The predicted molar refractivity (Wildman–Crippen MR) is 128 cm³/mol. The Labute approximate surface area is 188 Å². The predicted octanol–water partition coefficient (Wildman–Crippen LogP) is 4.43. The van der Waals surface area contributed by atoms with E-state index in [0.717, 1.165) is 22.5 Å². The third kappa shape index (κ3) is 7.51. The Morgan fingerprint density at radius 2 is 1.61 bits per heavy atom. The second-order valence-corrected chi connectivity index (χ2v) is 8.54. The third-order valence-electron chi connectivity index (χ3n) is 4.82. The van der Waals surface area contributed by atoms with Crippen molar-refractivity contribution in [2.24, 2.45) is 4.99 Å². The summed E-state index contributed by atoms with van der Waals surface area (Å²) in [4.78, 5) is 5.59. The number of ether oxygens (including phenoxy) is 1. The van der Waals surface area contributed by atoms with Crippen molar-refractivity contribution >= 4 is 17.3 Å². The van der Waals surface area contributed by atoms with Crippen LogP contribution in [0.15, 0.2) is 77.1 Å². The molecule has 0 amide bonds. The van der Waals surface area contributed by atoms with Gasteiger partial charge in [0.25, 0.3) is 0 Å². The van der Waals surface area contributed by atoms with E-state index >= 15 is 0 Å². The summed E-state index contributed by atoms with van der Waals surface area (Å²) in [5.41, 5.74) is 2.50. The summed E-state index contributed by atoms with van der Waals surface area (Å²) >= 11 is 1.55. The van der Waals surface area contributed by atoms with Gasteiger partial charge in [-0.15, -0.1) is 11.3 Å². The molecule has 0 saturated carbocycles. The van der Waals surface area contributed by atoms with Crippen LogP contribution in [-0.4, -0.2) is 24.2 Å². The SMILES string of the molecule is CCNC(=NCc1ccc(COCc2ccccc2)cc1)NCC(C)(O)c1cccs1. The summed E-state index contributed by atoms with van der Waals surface area (Å²) in [5, 5.41) is 19.2. The summed E-state index contributed by atoms with van der Waals surface area (Å²) in [6, 6.07) is 22.4. The molecule has 1 heterocycles. The molecule has 0 bridgehead atoms. The van der Waals surface area contributed by atoms with E-state index in [-0.39, 0.29) is 0 Å². The molecule has 1 atom stereocenters. The van der Waals surface area contributed by atoms with E-state index in [2.05, 4.69) is 52.0 Å². The average Bonchev–Trinajstić information content (AvgIpc) is 3.34. The van der Waals surface area contributed by atoms with Gasteiger partial charge < -0.3 is 20.5 Å².